The first-order chi connectivity index (χ1) is 9.40. The number of rotatable bonds is 3. The number of hydrogen-bond acceptors (Lipinski definition) is 2. The third kappa shape index (κ3) is 1.90. The molecule has 0 amide bonds. The Labute approximate surface area is 112 Å². The van der Waals surface area contributed by atoms with Crippen LogP contribution in [0.25, 0.3) is 16.6 Å². The Morgan fingerprint density at radius 3 is 3.05 bits per heavy atom. The Bertz CT molecular complexity index is 725. The van der Waals surface area contributed by atoms with Crippen molar-refractivity contribution in [3.8, 4) is 0 Å². The summed E-state index contributed by atoms with van der Waals surface area (Å²) in [6, 6.07) is 11.4. The fraction of sp³-hybridized carbons (Fsp3) is 0.312. The summed E-state index contributed by atoms with van der Waals surface area (Å²) in [6.07, 6.45) is 8.06. The Morgan fingerprint density at radius 2 is 2.21 bits per heavy atom. The minimum atomic E-state index is 0.733. The van der Waals surface area contributed by atoms with Crippen molar-refractivity contribution in [2.24, 2.45) is 0 Å². The van der Waals surface area contributed by atoms with Gasteiger partial charge in [0.1, 0.15) is 0 Å². The number of aromatic nitrogens is 2. The minimum absolute atomic E-state index is 0.733. The van der Waals surface area contributed by atoms with Gasteiger partial charge in [0.15, 0.2) is 0 Å². The Kier molecular flexibility index (Phi) is 2.52. The highest BCUT2D eigenvalue weighted by Gasteiger charge is 2.16. The molecule has 1 aromatic carbocycles. The average molecular weight is 251 g/mol. The van der Waals surface area contributed by atoms with Crippen LogP contribution in [0.3, 0.4) is 0 Å². The number of nitrogens with one attached hydrogen (secondary N) is 1. The van der Waals surface area contributed by atoms with Gasteiger partial charge in [0.2, 0.25) is 0 Å². The van der Waals surface area contributed by atoms with Crippen molar-refractivity contribution < 1.29 is 0 Å². The summed E-state index contributed by atoms with van der Waals surface area (Å²) in [4.78, 5) is 4.50. The van der Waals surface area contributed by atoms with Crippen LogP contribution in [0.15, 0.2) is 42.7 Å². The van der Waals surface area contributed by atoms with Gasteiger partial charge in [-0.25, -0.2) is 0 Å². The summed E-state index contributed by atoms with van der Waals surface area (Å²) in [5.74, 6) is 0. The number of benzene rings is 1. The lowest BCUT2D eigenvalue weighted by Gasteiger charge is -2.26. The van der Waals surface area contributed by atoms with E-state index in [2.05, 4.69) is 51.2 Å². The van der Waals surface area contributed by atoms with Crippen molar-refractivity contribution >= 4 is 16.6 Å². The molecule has 0 unspecified atom stereocenters. The van der Waals surface area contributed by atoms with Gasteiger partial charge in [-0.1, -0.05) is 12.5 Å². The lowest BCUT2D eigenvalue weighted by molar-refractivity contribution is 0.338. The van der Waals surface area contributed by atoms with Crippen LogP contribution in [0, 0.1) is 0 Å². The summed E-state index contributed by atoms with van der Waals surface area (Å²) in [7, 11) is 0. The van der Waals surface area contributed by atoms with Gasteiger partial charge in [-0.05, 0) is 42.7 Å². The molecule has 2 heterocycles. The summed E-state index contributed by atoms with van der Waals surface area (Å²) in [5, 5.41) is 3.61. The summed E-state index contributed by atoms with van der Waals surface area (Å²) >= 11 is 0. The van der Waals surface area contributed by atoms with Crippen LogP contribution < -0.4 is 5.32 Å². The first kappa shape index (κ1) is 11.0. The second-order valence-corrected chi connectivity index (χ2v) is 5.39. The molecule has 1 fully saturated rings. The standard InChI is InChI=1S/C16H17N3/c1-3-13(4-1)17-10-12-6-7-15-16(9-12)19-8-2-5-14(19)11-18-15/h2,5-9,11,13,17H,1,3-4,10H2. The largest absolute Gasteiger partial charge is 0.314 e. The molecule has 4 rings (SSSR count). The van der Waals surface area contributed by atoms with Crippen molar-refractivity contribution in [2.45, 2.75) is 31.8 Å². The Morgan fingerprint density at radius 1 is 1.26 bits per heavy atom. The van der Waals surface area contributed by atoms with Gasteiger partial charge in [0.05, 0.1) is 22.7 Å². The zero-order valence-electron chi connectivity index (χ0n) is 10.8. The van der Waals surface area contributed by atoms with Gasteiger partial charge in [-0.2, -0.15) is 0 Å². The van der Waals surface area contributed by atoms with Crippen molar-refractivity contribution in [3.05, 3.63) is 48.3 Å². The quantitative estimate of drug-likeness (QED) is 0.775. The maximum Gasteiger partial charge on any atom is 0.0871 e. The third-order valence-corrected chi connectivity index (χ3v) is 4.12. The second kappa shape index (κ2) is 4.35. The molecule has 0 spiro atoms. The van der Waals surface area contributed by atoms with Crippen LogP contribution in [0.5, 0.6) is 0 Å². The van der Waals surface area contributed by atoms with Gasteiger partial charge in [-0.15, -0.1) is 0 Å². The van der Waals surface area contributed by atoms with Crippen molar-refractivity contribution in [3.63, 3.8) is 0 Å². The van der Waals surface area contributed by atoms with E-state index in [1.807, 2.05) is 6.20 Å². The topological polar surface area (TPSA) is 29.3 Å². The van der Waals surface area contributed by atoms with E-state index >= 15 is 0 Å². The molecule has 3 nitrogen and oxygen atoms in total. The van der Waals surface area contributed by atoms with Gasteiger partial charge in [-0.3, -0.25) is 4.98 Å². The van der Waals surface area contributed by atoms with Crippen molar-refractivity contribution in [1.29, 1.82) is 0 Å². The molecule has 1 saturated carbocycles. The lowest BCUT2D eigenvalue weighted by Crippen LogP contribution is -2.34. The molecule has 96 valence electrons. The lowest BCUT2D eigenvalue weighted by atomic mass is 9.93. The molecule has 0 saturated heterocycles. The molecule has 0 aliphatic heterocycles. The Hall–Kier alpha value is -1.87. The fourth-order valence-corrected chi connectivity index (χ4v) is 2.71. The van der Waals surface area contributed by atoms with Gasteiger partial charge in [0.25, 0.3) is 0 Å². The molecule has 1 N–H and O–H groups in total. The summed E-state index contributed by atoms with van der Waals surface area (Å²) in [5.41, 5.74) is 4.73. The summed E-state index contributed by atoms with van der Waals surface area (Å²) < 4.78 is 2.20. The molecule has 3 aromatic rings. The predicted octanol–water partition coefficient (Wildman–Crippen LogP) is 3.13. The maximum atomic E-state index is 4.50. The van der Waals surface area contributed by atoms with Gasteiger partial charge in [0, 0.05) is 18.8 Å². The first-order valence-corrected chi connectivity index (χ1v) is 6.98. The first-order valence-electron chi connectivity index (χ1n) is 6.98. The molecule has 0 atom stereocenters. The highest BCUT2D eigenvalue weighted by molar-refractivity contribution is 5.78. The van der Waals surface area contributed by atoms with E-state index in [0.29, 0.717) is 0 Å². The molecular weight excluding hydrogens is 234 g/mol. The van der Waals surface area contributed by atoms with Crippen LogP contribution >= 0.6 is 0 Å². The average Bonchev–Trinajstić information content (AvgIpc) is 2.85. The van der Waals surface area contributed by atoms with Gasteiger partial charge >= 0.3 is 0 Å². The zero-order chi connectivity index (χ0) is 12.7. The van der Waals surface area contributed by atoms with E-state index in [9.17, 15) is 0 Å². The van der Waals surface area contributed by atoms with Crippen LogP contribution in [0.2, 0.25) is 0 Å². The number of hydrogen-bond donors (Lipinski definition) is 1. The smallest absolute Gasteiger partial charge is 0.0871 e. The number of fused-ring (bicyclic) bond motifs is 3. The van der Waals surface area contributed by atoms with E-state index < -0.39 is 0 Å². The molecule has 2 aromatic heterocycles. The van der Waals surface area contributed by atoms with Crippen molar-refractivity contribution in [2.75, 3.05) is 0 Å². The monoisotopic (exact) mass is 251 g/mol. The highest BCUT2D eigenvalue weighted by Crippen LogP contribution is 2.20. The predicted molar refractivity (Wildman–Crippen MR) is 77.2 cm³/mol. The van der Waals surface area contributed by atoms with E-state index in [0.717, 1.165) is 23.6 Å². The Balaban J connectivity index is 1.71. The zero-order valence-corrected chi connectivity index (χ0v) is 10.8. The van der Waals surface area contributed by atoms with Crippen LogP contribution in [0.4, 0.5) is 0 Å². The van der Waals surface area contributed by atoms with E-state index in [4.69, 9.17) is 0 Å². The maximum absolute atomic E-state index is 4.50. The molecule has 0 bridgehead atoms. The minimum Gasteiger partial charge on any atom is -0.314 e. The van der Waals surface area contributed by atoms with Crippen LogP contribution in [0.1, 0.15) is 24.8 Å². The molecule has 3 heteroatoms. The normalized spacial score (nSPS) is 16.0. The van der Waals surface area contributed by atoms with Crippen molar-refractivity contribution in [1.82, 2.24) is 14.7 Å². The third-order valence-electron chi connectivity index (χ3n) is 4.12. The van der Waals surface area contributed by atoms with E-state index in [1.165, 1.54) is 30.3 Å². The second-order valence-electron chi connectivity index (χ2n) is 5.39. The SMILES string of the molecule is c1cc2cnc3ccc(CNC4CCC4)cc3n2c1. The fourth-order valence-electron chi connectivity index (χ4n) is 2.71. The molecule has 0 radical (unpaired) electrons. The summed E-state index contributed by atoms with van der Waals surface area (Å²) in [6.45, 7) is 0.957. The highest BCUT2D eigenvalue weighted by atomic mass is 14.9. The van der Waals surface area contributed by atoms with Crippen LogP contribution in [-0.4, -0.2) is 15.4 Å². The molecular formula is C16H17N3. The van der Waals surface area contributed by atoms with Crippen LogP contribution in [-0.2, 0) is 6.54 Å². The van der Waals surface area contributed by atoms with E-state index in [-0.39, 0.29) is 0 Å². The number of nitrogens with zero attached hydrogens (tertiary/aromatic N) is 2. The molecule has 19 heavy (non-hydrogen) atoms. The molecule has 1 aliphatic rings. The van der Waals surface area contributed by atoms with E-state index in [1.54, 1.807) is 0 Å². The molecule has 1 aliphatic carbocycles. The van der Waals surface area contributed by atoms with Gasteiger partial charge < -0.3 is 9.72 Å².